The van der Waals surface area contributed by atoms with Gasteiger partial charge in [-0.2, -0.15) is 0 Å². The maximum Gasteiger partial charge on any atom is 0.312 e. The number of amides is 1. The lowest BCUT2D eigenvalue weighted by atomic mass is 9.69. The van der Waals surface area contributed by atoms with Gasteiger partial charge in [0.15, 0.2) is 6.79 Å². The number of aliphatic hydroxyl groups is 1. The smallest absolute Gasteiger partial charge is 0.312 e. The summed E-state index contributed by atoms with van der Waals surface area (Å²) in [5, 5.41) is 13.5. The minimum absolute atomic E-state index is 0.0324. The zero-order chi connectivity index (χ0) is 21.0. The summed E-state index contributed by atoms with van der Waals surface area (Å²) in [5.74, 6) is -0.577. The van der Waals surface area contributed by atoms with Crippen LogP contribution in [0.25, 0.3) is 10.9 Å². The van der Waals surface area contributed by atoms with Crippen molar-refractivity contribution in [3.05, 3.63) is 45.8 Å². The third-order valence-corrected chi connectivity index (χ3v) is 6.35. The quantitative estimate of drug-likeness (QED) is 0.486. The number of hydrogen-bond acceptors (Lipinski definition) is 5. The first-order chi connectivity index (χ1) is 13.7. The SMILES string of the molecule is [C-]#[N+]C1=NN(OCO)C(=O)C1=Cc1cc2c3c(c1)C(C)(C)CCN3CCC2(C)C. The first kappa shape index (κ1) is 19.6. The summed E-state index contributed by atoms with van der Waals surface area (Å²) in [4.78, 5) is 23.2. The maximum atomic E-state index is 12.6. The molecule has 3 aliphatic heterocycles. The van der Waals surface area contributed by atoms with Gasteiger partial charge in [-0.05, 0) is 57.7 Å². The normalized spacial score (nSPS) is 23.1. The van der Waals surface area contributed by atoms with E-state index in [1.807, 2.05) is 0 Å². The van der Waals surface area contributed by atoms with Crippen LogP contribution in [0.1, 0.15) is 57.2 Å². The van der Waals surface area contributed by atoms with Crippen LogP contribution in [-0.4, -0.2) is 41.9 Å². The predicted molar refractivity (Wildman–Crippen MR) is 111 cm³/mol. The Labute approximate surface area is 171 Å². The molecule has 0 bridgehead atoms. The van der Waals surface area contributed by atoms with Crippen molar-refractivity contribution in [3.8, 4) is 0 Å². The van der Waals surface area contributed by atoms with Gasteiger partial charge in [0.1, 0.15) is 0 Å². The molecule has 0 aliphatic carbocycles. The summed E-state index contributed by atoms with van der Waals surface area (Å²) in [6.45, 7) is 17.8. The molecule has 0 saturated heterocycles. The van der Waals surface area contributed by atoms with Crippen LogP contribution < -0.4 is 4.90 Å². The summed E-state index contributed by atoms with van der Waals surface area (Å²) in [5.41, 5.74) is 5.04. The Morgan fingerprint density at radius 1 is 1.21 bits per heavy atom. The van der Waals surface area contributed by atoms with E-state index in [9.17, 15) is 4.79 Å². The average molecular weight is 394 g/mol. The van der Waals surface area contributed by atoms with Gasteiger partial charge in [0, 0.05) is 23.9 Å². The van der Waals surface area contributed by atoms with Gasteiger partial charge < -0.3 is 14.9 Å². The highest BCUT2D eigenvalue weighted by molar-refractivity contribution is 6.29. The molecule has 1 aromatic rings. The summed E-state index contributed by atoms with van der Waals surface area (Å²) in [6, 6.07) is 4.29. The highest BCUT2D eigenvalue weighted by atomic mass is 16.8. The topological polar surface area (TPSA) is 69.7 Å². The minimum Gasteiger partial charge on any atom is -0.371 e. The molecule has 3 heterocycles. The Hall–Kier alpha value is -2.69. The van der Waals surface area contributed by atoms with Crippen LogP contribution in [0, 0.1) is 6.57 Å². The summed E-state index contributed by atoms with van der Waals surface area (Å²) >= 11 is 0. The average Bonchev–Trinajstić information content (AvgIpc) is 2.96. The van der Waals surface area contributed by atoms with E-state index in [0.29, 0.717) is 5.17 Å². The maximum absolute atomic E-state index is 12.6. The van der Waals surface area contributed by atoms with Crippen molar-refractivity contribution in [1.82, 2.24) is 5.17 Å². The third-order valence-electron chi connectivity index (χ3n) is 6.35. The van der Waals surface area contributed by atoms with Crippen LogP contribution in [0.4, 0.5) is 5.69 Å². The van der Waals surface area contributed by atoms with Crippen LogP contribution in [-0.2, 0) is 20.5 Å². The number of hydrazone groups is 1. The van der Waals surface area contributed by atoms with E-state index in [-0.39, 0.29) is 22.2 Å². The number of carbonyl (C=O) groups excluding carboxylic acids is 1. The molecular weight excluding hydrogens is 368 g/mol. The van der Waals surface area contributed by atoms with Crippen molar-refractivity contribution in [2.75, 3.05) is 24.8 Å². The summed E-state index contributed by atoms with van der Waals surface area (Å²) in [7, 11) is 0. The summed E-state index contributed by atoms with van der Waals surface area (Å²) < 4.78 is 0. The molecule has 29 heavy (non-hydrogen) atoms. The highest BCUT2D eigenvalue weighted by Gasteiger charge is 2.40. The zero-order valence-electron chi connectivity index (χ0n) is 17.3. The van der Waals surface area contributed by atoms with Crippen molar-refractivity contribution in [3.63, 3.8) is 0 Å². The van der Waals surface area contributed by atoms with E-state index < -0.39 is 12.7 Å². The van der Waals surface area contributed by atoms with Gasteiger partial charge in [0.25, 0.3) is 0 Å². The molecule has 0 fully saturated rings. The van der Waals surface area contributed by atoms with E-state index in [1.165, 1.54) is 16.8 Å². The number of hydrogen-bond donors (Lipinski definition) is 1. The number of carbonyl (C=O) groups is 1. The van der Waals surface area contributed by atoms with Crippen molar-refractivity contribution in [2.45, 2.75) is 51.4 Å². The monoisotopic (exact) mass is 394 g/mol. The Morgan fingerprint density at radius 2 is 1.79 bits per heavy atom. The number of anilines is 1. The standard InChI is InChI=1S/C22H26N4O3/c1-21(2)6-8-25-9-7-22(3,4)17-12-14(11-16(21)18(17)25)10-15-19(23-5)24-26(20(15)28)29-13-27/h10-12,27H,6-9,13H2,1-4H3. The number of amidine groups is 1. The molecule has 152 valence electrons. The Balaban J connectivity index is 1.87. The molecular formula is C22H26N4O3. The van der Waals surface area contributed by atoms with E-state index in [2.05, 4.69) is 54.7 Å². The Kier molecular flexibility index (Phi) is 4.52. The van der Waals surface area contributed by atoms with Crippen molar-refractivity contribution >= 4 is 23.5 Å². The lowest BCUT2D eigenvalue weighted by Crippen LogP contribution is -2.44. The number of aliphatic hydroxyl groups excluding tert-OH is 1. The molecule has 0 atom stereocenters. The van der Waals surface area contributed by atoms with Crippen LogP contribution in [0.5, 0.6) is 0 Å². The van der Waals surface area contributed by atoms with Crippen LogP contribution in [0.3, 0.4) is 0 Å². The van der Waals surface area contributed by atoms with Crippen molar-refractivity contribution in [1.29, 1.82) is 0 Å². The first-order valence-corrected chi connectivity index (χ1v) is 9.88. The van der Waals surface area contributed by atoms with Crippen LogP contribution in [0.15, 0.2) is 22.8 Å². The largest absolute Gasteiger partial charge is 0.371 e. The molecule has 1 N–H and O–H groups in total. The predicted octanol–water partition coefficient (Wildman–Crippen LogP) is 3.20. The minimum atomic E-state index is -0.686. The second-order valence-corrected chi connectivity index (χ2v) is 9.15. The molecule has 0 saturated carbocycles. The molecule has 1 aromatic carbocycles. The fourth-order valence-corrected chi connectivity index (χ4v) is 4.45. The Bertz CT molecular complexity index is 943. The van der Waals surface area contributed by atoms with E-state index in [0.717, 1.165) is 31.5 Å². The van der Waals surface area contributed by atoms with E-state index >= 15 is 0 Å². The number of rotatable bonds is 3. The van der Waals surface area contributed by atoms with Gasteiger partial charge >= 0.3 is 11.7 Å². The third kappa shape index (κ3) is 3.13. The van der Waals surface area contributed by atoms with Gasteiger partial charge in [0.05, 0.1) is 5.57 Å². The van der Waals surface area contributed by atoms with Gasteiger partial charge in [-0.25, -0.2) is 4.84 Å². The highest BCUT2D eigenvalue weighted by Crippen LogP contribution is 2.49. The van der Waals surface area contributed by atoms with E-state index in [1.54, 1.807) is 6.08 Å². The van der Waals surface area contributed by atoms with Crippen LogP contribution in [0.2, 0.25) is 0 Å². The molecule has 7 heteroatoms. The van der Waals surface area contributed by atoms with Gasteiger partial charge in [0.2, 0.25) is 0 Å². The summed E-state index contributed by atoms with van der Waals surface area (Å²) in [6.07, 6.45) is 3.87. The molecule has 0 aromatic heterocycles. The van der Waals surface area contributed by atoms with Gasteiger partial charge in [-0.1, -0.05) is 40.3 Å². The second kappa shape index (κ2) is 6.68. The fraction of sp³-hybridized carbons (Fsp3) is 0.500. The lowest BCUT2D eigenvalue weighted by Gasteiger charge is -2.48. The van der Waals surface area contributed by atoms with Crippen molar-refractivity contribution < 1.29 is 14.7 Å². The zero-order valence-corrected chi connectivity index (χ0v) is 17.3. The lowest BCUT2D eigenvalue weighted by molar-refractivity contribution is -0.207. The second-order valence-electron chi connectivity index (χ2n) is 9.15. The molecule has 7 nitrogen and oxygen atoms in total. The van der Waals surface area contributed by atoms with Crippen molar-refractivity contribution in [2.24, 2.45) is 5.10 Å². The number of nitrogens with zero attached hydrogens (tertiary/aromatic N) is 4. The molecule has 0 radical (unpaired) electrons. The number of benzene rings is 1. The Morgan fingerprint density at radius 3 is 2.31 bits per heavy atom. The fourth-order valence-electron chi connectivity index (χ4n) is 4.45. The molecule has 4 rings (SSSR count). The van der Waals surface area contributed by atoms with Crippen LogP contribution >= 0.6 is 0 Å². The van der Waals surface area contributed by atoms with E-state index in [4.69, 9.17) is 16.5 Å². The number of hydroxylamine groups is 1. The van der Waals surface area contributed by atoms with Gasteiger partial charge in [-0.15, -0.1) is 0 Å². The molecule has 3 aliphatic rings. The molecule has 0 unspecified atom stereocenters. The molecule has 1 amide bonds. The first-order valence-electron chi connectivity index (χ1n) is 9.88. The van der Waals surface area contributed by atoms with Gasteiger partial charge in [-0.3, -0.25) is 4.79 Å². The molecule has 0 spiro atoms.